The minimum Gasteiger partial charge on any atom is -0.493 e. The number of hydrogen-bond acceptors (Lipinski definition) is 4. The van der Waals surface area contributed by atoms with Crippen LogP contribution in [0.2, 0.25) is 10.0 Å². The Kier molecular flexibility index (Phi) is 7.61. The zero-order valence-corrected chi connectivity index (χ0v) is 22.3. The molecule has 0 aromatic heterocycles. The van der Waals surface area contributed by atoms with Crippen molar-refractivity contribution in [2.24, 2.45) is 4.99 Å². The van der Waals surface area contributed by atoms with Gasteiger partial charge in [0.2, 0.25) is 0 Å². The molecule has 0 radical (unpaired) electrons. The van der Waals surface area contributed by atoms with Gasteiger partial charge < -0.3 is 4.74 Å². The maximum atomic E-state index is 12.9. The van der Waals surface area contributed by atoms with Gasteiger partial charge in [-0.25, -0.2) is 0 Å². The van der Waals surface area contributed by atoms with Gasteiger partial charge in [0, 0.05) is 10.0 Å². The van der Waals surface area contributed by atoms with E-state index in [-0.39, 0.29) is 0 Å². The second-order valence-corrected chi connectivity index (χ2v) is 10.1. The first-order valence-electron chi connectivity index (χ1n) is 11.4. The number of amidine groups is 1. The minimum atomic E-state index is -0.721. The summed E-state index contributed by atoms with van der Waals surface area (Å²) in [6.07, 6.45) is 0. The fourth-order valence-electron chi connectivity index (χ4n) is 4.27. The number of hydrogen-bond donors (Lipinski definition) is 0. The Bertz CT molecular complexity index is 1350. The van der Waals surface area contributed by atoms with E-state index < -0.39 is 22.9 Å². The third-order valence-corrected chi connectivity index (χ3v) is 6.89. The molecule has 0 unspecified atom stereocenters. The van der Waals surface area contributed by atoms with Gasteiger partial charge in [0.25, 0.3) is 0 Å². The Balaban J connectivity index is 1.92. The Morgan fingerprint density at radius 2 is 1.61 bits per heavy atom. The van der Waals surface area contributed by atoms with Gasteiger partial charge in [-0.1, -0.05) is 53.5 Å². The van der Waals surface area contributed by atoms with Gasteiger partial charge in [0.05, 0.1) is 29.7 Å². The maximum Gasteiger partial charge on any atom is 0.322 e. The number of ether oxygens (including phenoxy) is 1. The summed E-state index contributed by atoms with van der Waals surface area (Å²) in [5, 5.41) is 10.1. The van der Waals surface area contributed by atoms with Crippen molar-refractivity contribution in [3.8, 4) is 11.8 Å². The molecule has 1 aliphatic rings. The molecule has 0 N–H and O–H groups in total. The van der Waals surface area contributed by atoms with E-state index in [9.17, 15) is 10.1 Å². The van der Waals surface area contributed by atoms with Crippen molar-refractivity contribution >= 4 is 46.0 Å². The third-order valence-electron chi connectivity index (χ3n) is 6.20. The molecule has 1 amide bonds. The molecule has 5 nitrogen and oxygen atoms in total. The maximum absolute atomic E-state index is 12.9. The van der Waals surface area contributed by atoms with E-state index in [1.807, 2.05) is 63.2 Å². The summed E-state index contributed by atoms with van der Waals surface area (Å²) in [7, 11) is 0. The van der Waals surface area contributed by atoms with Crippen LogP contribution < -0.4 is 4.74 Å². The lowest BCUT2D eigenvalue weighted by atomic mass is 9.85. The second-order valence-electron chi connectivity index (χ2n) is 8.95. The highest BCUT2D eigenvalue weighted by molar-refractivity contribution is 6.64. The van der Waals surface area contributed by atoms with Crippen molar-refractivity contribution in [1.82, 2.24) is 4.90 Å². The smallest absolute Gasteiger partial charge is 0.322 e. The summed E-state index contributed by atoms with van der Waals surface area (Å²) >= 11 is 18.5. The second kappa shape index (κ2) is 10.5. The molecular weight excluding hydrogens is 517 g/mol. The van der Waals surface area contributed by atoms with Gasteiger partial charge in [-0.15, -0.1) is 0 Å². The molecule has 4 rings (SSSR count). The number of nitriles is 1. The summed E-state index contributed by atoms with van der Waals surface area (Å²) in [6.45, 7) is 5.95. The normalized spacial score (nSPS) is 17.5. The molecule has 184 valence electrons. The standard InChI is InChI=1S/C28H24Cl3N3O2/c1-4-36-23-15-19(28(2,3)16-32)9-14-22(23)26-33-24(17-5-10-20(29)11-6-17)25(34(26)27(31)35)18-7-12-21(30)13-8-18/h5-15,24-25H,4H2,1-3H3/t24-,25+/m0/s1. The molecule has 0 saturated heterocycles. The Morgan fingerprint density at radius 3 is 2.14 bits per heavy atom. The van der Waals surface area contributed by atoms with E-state index in [0.717, 1.165) is 16.7 Å². The monoisotopic (exact) mass is 539 g/mol. The Labute approximate surface area is 225 Å². The third kappa shape index (κ3) is 5.08. The van der Waals surface area contributed by atoms with Crippen LogP contribution in [0.4, 0.5) is 4.79 Å². The summed E-state index contributed by atoms with van der Waals surface area (Å²) in [5.41, 5.74) is 2.38. The van der Waals surface area contributed by atoms with Crippen LogP contribution in [0, 0.1) is 11.3 Å². The van der Waals surface area contributed by atoms with Gasteiger partial charge in [-0.05, 0) is 85.5 Å². The topological polar surface area (TPSA) is 65.7 Å². The zero-order chi connectivity index (χ0) is 26.0. The fourth-order valence-corrected chi connectivity index (χ4v) is 4.71. The number of carbonyl (C=O) groups is 1. The van der Waals surface area contributed by atoms with Gasteiger partial charge >= 0.3 is 5.37 Å². The number of halogens is 3. The first-order valence-corrected chi connectivity index (χ1v) is 12.6. The number of amides is 1. The average Bonchev–Trinajstić information content (AvgIpc) is 3.26. The fraction of sp³-hybridized carbons (Fsp3) is 0.250. The van der Waals surface area contributed by atoms with Crippen molar-refractivity contribution in [3.63, 3.8) is 0 Å². The molecular formula is C28H24Cl3N3O2. The lowest BCUT2D eigenvalue weighted by Crippen LogP contribution is -2.34. The lowest BCUT2D eigenvalue weighted by molar-refractivity contribution is 0.231. The van der Waals surface area contributed by atoms with Crippen LogP contribution in [-0.2, 0) is 5.41 Å². The molecule has 3 aromatic carbocycles. The van der Waals surface area contributed by atoms with Crippen LogP contribution >= 0.6 is 34.8 Å². The Hall–Kier alpha value is -3.04. The van der Waals surface area contributed by atoms with E-state index in [1.54, 1.807) is 24.3 Å². The molecule has 1 aliphatic heterocycles. The number of nitrogens with zero attached hydrogens (tertiary/aromatic N) is 3. The van der Waals surface area contributed by atoms with Crippen LogP contribution in [0.15, 0.2) is 71.7 Å². The number of rotatable bonds is 6. The van der Waals surface area contributed by atoms with Crippen molar-refractivity contribution in [3.05, 3.63) is 99.0 Å². The van der Waals surface area contributed by atoms with Crippen molar-refractivity contribution < 1.29 is 9.53 Å². The van der Waals surface area contributed by atoms with Gasteiger partial charge in [-0.2, -0.15) is 5.26 Å². The largest absolute Gasteiger partial charge is 0.493 e. The zero-order valence-electron chi connectivity index (χ0n) is 20.0. The summed E-state index contributed by atoms with van der Waals surface area (Å²) in [5.74, 6) is 0.909. The quantitative estimate of drug-likeness (QED) is 0.234. The molecule has 0 aliphatic carbocycles. The molecule has 0 bridgehead atoms. The number of aliphatic imine (C=N–C) groups is 1. The highest BCUT2D eigenvalue weighted by Crippen LogP contribution is 2.45. The van der Waals surface area contributed by atoms with Crippen molar-refractivity contribution in [2.75, 3.05) is 6.61 Å². The molecule has 36 heavy (non-hydrogen) atoms. The van der Waals surface area contributed by atoms with Gasteiger partial charge in [0.1, 0.15) is 17.6 Å². The van der Waals surface area contributed by atoms with E-state index in [4.69, 9.17) is 44.5 Å². The highest BCUT2D eigenvalue weighted by atomic mass is 35.5. The summed E-state index contributed by atoms with van der Waals surface area (Å²) in [6, 6.07) is 21.5. The van der Waals surface area contributed by atoms with Crippen LogP contribution in [0.1, 0.15) is 55.1 Å². The van der Waals surface area contributed by atoms with Crippen molar-refractivity contribution in [2.45, 2.75) is 38.3 Å². The first-order chi connectivity index (χ1) is 17.2. The highest BCUT2D eigenvalue weighted by Gasteiger charge is 2.42. The van der Waals surface area contributed by atoms with E-state index in [0.29, 0.717) is 33.8 Å². The van der Waals surface area contributed by atoms with Crippen LogP contribution in [0.3, 0.4) is 0 Å². The summed E-state index contributed by atoms with van der Waals surface area (Å²) < 4.78 is 5.96. The predicted molar refractivity (Wildman–Crippen MR) is 144 cm³/mol. The van der Waals surface area contributed by atoms with Crippen LogP contribution in [0.25, 0.3) is 0 Å². The number of benzene rings is 3. The molecule has 3 aromatic rings. The van der Waals surface area contributed by atoms with E-state index in [1.165, 1.54) is 4.90 Å². The van der Waals surface area contributed by atoms with Crippen LogP contribution in [-0.4, -0.2) is 22.7 Å². The number of carbonyl (C=O) groups excluding carboxylic acids is 1. The predicted octanol–water partition coefficient (Wildman–Crippen LogP) is 8.10. The molecule has 1 heterocycles. The molecule has 0 saturated carbocycles. The minimum absolute atomic E-state index is 0.389. The molecule has 0 fully saturated rings. The Morgan fingerprint density at radius 1 is 1.03 bits per heavy atom. The van der Waals surface area contributed by atoms with Gasteiger partial charge in [0.15, 0.2) is 0 Å². The van der Waals surface area contributed by atoms with Crippen LogP contribution in [0.5, 0.6) is 5.75 Å². The molecule has 2 atom stereocenters. The lowest BCUT2D eigenvalue weighted by Gasteiger charge is -2.28. The SMILES string of the molecule is CCOc1cc(C(C)(C)C#N)ccc1C1=N[C@@H](c2ccc(Cl)cc2)[C@@H](c2ccc(Cl)cc2)N1C(=O)Cl. The van der Waals surface area contributed by atoms with Gasteiger partial charge in [-0.3, -0.25) is 14.7 Å². The first kappa shape index (κ1) is 26.0. The average molecular weight is 541 g/mol. The summed E-state index contributed by atoms with van der Waals surface area (Å²) in [4.78, 5) is 19.4. The molecule has 0 spiro atoms. The molecule has 8 heteroatoms. The van der Waals surface area contributed by atoms with Crippen molar-refractivity contribution in [1.29, 1.82) is 5.26 Å². The van der Waals surface area contributed by atoms with E-state index in [2.05, 4.69) is 6.07 Å². The van der Waals surface area contributed by atoms with E-state index >= 15 is 0 Å².